The first-order valence-corrected chi connectivity index (χ1v) is 3.76. The van der Waals surface area contributed by atoms with Gasteiger partial charge in [0.2, 0.25) is 0 Å². The van der Waals surface area contributed by atoms with Crippen molar-refractivity contribution in [2.75, 3.05) is 6.54 Å². The second-order valence-electron chi connectivity index (χ2n) is 2.68. The normalized spacial score (nSPS) is 15.7. The molecule has 12 heavy (non-hydrogen) atoms. The van der Waals surface area contributed by atoms with Crippen LogP contribution in [-0.2, 0) is 13.0 Å². The summed E-state index contributed by atoms with van der Waals surface area (Å²) >= 11 is 0. The zero-order chi connectivity index (χ0) is 8.55. The van der Waals surface area contributed by atoms with Crippen molar-refractivity contribution in [3.8, 4) is 0 Å². The minimum atomic E-state index is -0.607. The van der Waals surface area contributed by atoms with Crippen LogP contribution >= 0.6 is 0 Å². The highest BCUT2D eigenvalue weighted by molar-refractivity contribution is 5.88. The van der Waals surface area contributed by atoms with Crippen LogP contribution in [0, 0.1) is 0 Å². The fourth-order valence-electron chi connectivity index (χ4n) is 1.23. The van der Waals surface area contributed by atoms with Gasteiger partial charge in [-0.3, -0.25) is 4.79 Å². The van der Waals surface area contributed by atoms with Gasteiger partial charge in [0.15, 0.2) is 0 Å². The maximum atomic E-state index is 10.7. The van der Waals surface area contributed by atoms with Gasteiger partial charge in [0.1, 0.15) is 5.76 Å². The quantitative estimate of drug-likeness (QED) is 0.586. The van der Waals surface area contributed by atoms with Gasteiger partial charge in [-0.25, -0.2) is 4.98 Å². The van der Waals surface area contributed by atoms with E-state index in [1.54, 1.807) is 0 Å². The van der Waals surface area contributed by atoms with Gasteiger partial charge in [0.25, 0.3) is 5.89 Å². The molecule has 0 atom stereocenters. The molecule has 0 spiro atoms. The van der Waals surface area contributed by atoms with Crippen LogP contribution in [0.1, 0.15) is 22.1 Å². The molecule has 0 aliphatic carbocycles. The average Bonchev–Trinajstić information content (AvgIpc) is 2.46. The summed E-state index contributed by atoms with van der Waals surface area (Å²) in [7, 11) is 0. The first-order valence-electron chi connectivity index (χ1n) is 3.76. The van der Waals surface area contributed by atoms with Crippen molar-refractivity contribution in [3.05, 3.63) is 17.3 Å². The fourth-order valence-corrected chi connectivity index (χ4v) is 1.23. The van der Waals surface area contributed by atoms with E-state index in [0.29, 0.717) is 6.54 Å². The third kappa shape index (κ3) is 1.08. The molecule has 0 fully saturated rings. The molecule has 5 heteroatoms. The van der Waals surface area contributed by atoms with Gasteiger partial charge in [0.05, 0.1) is 12.2 Å². The van der Waals surface area contributed by atoms with Crippen molar-refractivity contribution in [2.24, 2.45) is 5.73 Å². The number of nitrogens with zero attached hydrogens (tertiary/aromatic N) is 1. The van der Waals surface area contributed by atoms with Crippen LogP contribution in [0.25, 0.3) is 0 Å². The summed E-state index contributed by atoms with van der Waals surface area (Å²) in [5, 5.41) is 3.11. The number of fused-ring (bicyclic) bond motifs is 1. The molecule has 0 aromatic carbocycles. The first-order chi connectivity index (χ1) is 5.77. The number of rotatable bonds is 1. The zero-order valence-electron chi connectivity index (χ0n) is 6.46. The van der Waals surface area contributed by atoms with Crippen LogP contribution in [0.15, 0.2) is 4.42 Å². The van der Waals surface area contributed by atoms with Gasteiger partial charge in [-0.1, -0.05) is 0 Å². The predicted octanol–water partition coefficient (Wildman–Crippen LogP) is -0.581. The van der Waals surface area contributed by atoms with E-state index in [9.17, 15) is 4.79 Å². The third-order valence-corrected chi connectivity index (χ3v) is 1.81. The Bertz CT molecular complexity index is 295. The third-order valence-electron chi connectivity index (χ3n) is 1.81. The molecule has 5 nitrogen and oxygen atoms in total. The number of carbonyl (C=O) groups is 1. The van der Waals surface area contributed by atoms with E-state index < -0.39 is 5.91 Å². The second-order valence-corrected chi connectivity index (χ2v) is 2.68. The molecule has 0 unspecified atom stereocenters. The summed E-state index contributed by atoms with van der Waals surface area (Å²) < 4.78 is 5.12. The van der Waals surface area contributed by atoms with Crippen molar-refractivity contribution in [1.29, 1.82) is 0 Å². The van der Waals surface area contributed by atoms with E-state index in [1.165, 1.54) is 0 Å². The topological polar surface area (TPSA) is 81.2 Å². The molecular weight excluding hydrogens is 158 g/mol. The summed E-state index contributed by atoms with van der Waals surface area (Å²) in [5.74, 6) is 0.142. The van der Waals surface area contributed by atoms with Crippen molar-refractivity contribution < 1.29 is 9.21 Å². The molecule has 2 rings (SSSR count). The number of hydrogen-bond donors (Lipinski definition) is 2. The largest absolute Gasteiger partial charge is 0.436 e. The smallest absolute Gasteiger partial charge is 0.304 e. The van der Waals surface area contributed by atoms with Gasteiger partial charge < -0.3 is 15.5 Å². The molecule has 0 bridgehead atoms. The first kappa shape index (κ1) is 7.30. The maximum absolute atomic E-state index is 10.7. The van der Waals surface area contributed by atoms with Crippen LogP contribution in [0.2, 0.25) is 0 Å². The summed E-state index contributed by atoms with van der Waals surface area (Å²) in [5.41, 5.74) is 5.86. The molecule has 1 aliphatic rings. The highest BCUT2D eigenvalue weighted by atomic mass is 16.4. The Balaban J connectivity index is 2.38. The monoisotopic (exact) mass is 167 g/mol. The highest BCUT2D eigenvalue weighted by Crippen LogP contribution is 2.13. The lowest BCUT2D eigenvalue weighted by Gasteiger charge is -2.07. The number of amides is 1. The van der Waals surface area contributed by atoms with Crippen molar-refractivity contribution in [1.82, 2.24) is 10.3 Å². The number of nitrogens with two attached hydrogens (primary N) is 1. The van der Waals surface area contributed by atoms with Gasteiger partial charge >= 0.3 is 5.91 Å². The Hall–Kier alpha value is -1.36. The molecule has 1 aromatic rings. The standard InChI is InChI=1S/C7H9N3O2/c8-6(11)7-10-4-1-2-9-3-5(4)12-7/h9H,1-3H2,(H2,8,11). The number of oxazole rings is 1. The minimum Gasteiger partial charge on any atom is -0.436 e. The van der Waals surface area contributed by atoms with Crippen molar-refractivity contribution in [2.45, 2.75) is 13.0 Å². The average molecular weight is 167 g/mol. The SMILES string of the molecule is NC(=O)c1nc2c(o1)CNCC2. The summed E-state index contributed by atoms with van der Waals surface area (Å²) in [4.78, 5) is 14.6. The Morgan fingerprint density at radius 1 is 1.67 bits per heavy atom. The molecule has 0 radical (unpaired) electrons. The minimum absolute atomic E-state index is 0.0173. The van der Waals surface area contributed by atoms with Crippen molar-refractivity contribution >= 4 is 5.91 Å². The maximum Gasteiger partial charge on any atom is 0.304 e. The predicted molar refractivity (Wildman–Crippen MR) is 40.4 cm³/mol. The molecule has 1 aliphatic heterocycles. The summed E-state index contributed by atoms with van der Waals surface area (Å²) in [6.07, 6.45) is 0.798. The molecule has 2 heterocycles. The molecule has 0 saturated heterocycles. The van der Waals surface area contributed by atoms with Crippen LogP contribution in [0.5, 0.6) is 0 Å². The molecule has 64 valence electrons. The summed E-state index contributed by atoms with van der Waals surface area (Å²) in [6, 6.07) is 0. The van der Waals surface area contributed by atoms with Gasteiger partial charge in [0, 0.05) is 13.0 Å². The fraction of sp³-hybridized carbons (Fsp3) is 0.429. The van der Waals surface area contributed by atoms with Gasteiger partial charge in [-0.15, -0.1) is 0 Å². The van der Waals surface area contributed by atoms with E-state index >= 15 is 0 Å². The Labute approximate surface area is 69.0 Å². The zero-order valence-corrected chi connectivity index (χ0v) is 6.46. The van der Waals surface area contributed by atoms with E-state index in [2.05, 4.69) is 10.3 Å². The van der Waals surface area contributed by atoms with Crippen LogP contribution < -0.4 is 11.1 Å². The lowest BCUT2D eigenvalue weighted by molar-refractivity contribution is 0.0965. The van der Waals surface area contributed by atoms with Crippen LogP contribution in [-0.4, -0.2) is 17.4 Å². The van der Waals surface area contributed by atoms with E-state index in [4.69, 9.17) is 10.2 Å². The van der Waals surface area contributed by atoms with E-state index in [0.717, 1.165) is 24.4 Å². The molecule has 0 saturated carbocycles. The number of nitrogens with one attached hydrogen (secondary N) is 1. The molecular formula is C7H9N3O2. The Morgan fingerprint density at radius 2 is 2.50 bits per heavy atom. The summed E-state index contributed by atoms with van der Waals surface area (Å²) in [6.45, 7) is 1.51. The van der Waals surface area contributed by atoms with E-state index in [1.807, 2.05) is 0 Å². The van der Waals surface area contributed by atoms with Gasteiger partial charge in [-0.05, 0) is 0 Å². The Morgan fingerprint density at radius 3 is 3.17 bits per heavy atom. The Kier molecular flexibility index (Phi) is 1.58. The van der Waals surface area contributed by atoms with Crippen LogP contribution in [0.3, 0.4) is 0 Å². The lowest BCUT2D eigenvalue weighted by atomic mass is 10.2. The second kappa shape index (κ2) is 2.60. The molecule has 1 amide bonds. The number of carbonyl (C=O) groups excluding carboxylic acids is 1. The number of aromatic nitrogens is 1. The van der Waals surface area contributed by atoms with E-state index in [-0.39, 0.29) is 5.89 Å². The number of primary amides is 1. The number of hydrogen-bond acceptors (Lipinski definition) is 4. The lowest BCUT2D eigenvalue weighted by Crippen LogP contribution is -2.22. The van der Waals surface area contributed by atoms with Gasteiger partial charge in [-0.2, -0.15) is 0 Å². The molecule has 1 aromatic heterocycles. The highest BCUT2D eigenvalue weighted by Gasteiger charge is 2.18. The van der Waals surface area contributed by atoms with Crippen LogP contribution in [0.4, 0.5) is 0 Å². The van der Waals surface area contributed by atoms with Crippen molar-refractivity contribution in [3.63, 3.8) is 0 Å². The molecule has 3 N–H and O–H groups in total.